The van der Waals surface area contributed by atoms with E-state index in [1.807, 2.05) is 24.3 Å². The number of anilines is 2. The number of benzene rings is 2. The van der Waals surface area contributed by atoms with E-state index < -0.39 is 5.92 Å². The molecule has 1 N–H and O–H groups in total. The van der Waals surface area contributed by atoms with E-state index in [9.17, 15) is 9.59 Å². The smallest absolute Gasteiger partial charge is 0.230 e. The maximum absolute atomic E-state index is 13.0. The van der Waals surface area contributed by atoms with E-state index in [4.69, 9.17) is 4.74 Å². The molecule has 0 aliphatic carbocycles. The van der Waals surface area contributed by atoms with Gasteiger partial charge in [-0.25, -0.2) is 0 Å². The first kappa shape index (κ1) is 18.5. The van der Waals surface area contributed by atoms with E-state index in [1.54, 1.807) is 11.9 Å². The molecule has 6 nitrogen and oxygen atoms in total. The summed E-state index contributed by atoms with van der Waals surface area (Å²) in [5.41, 5.74) is 3.88. The van der Waals surface area contributed by atoms with Gasteiger partial charge in [-0.1, -0.05) is 30.3 Å². The molecule has 2 aliphatic heterocycles. The molecule has 0 spiro atoms. The highest BCUT2D eigenvalue weighted by Gasteiger charge is 2.32. The maximum atomic E-state index is 13.0. The largest absolute Gasteiger partial charge is 0.378 e. The minimum Gasteiger partial charge on any atom is -0.378 e. The zero-order valence-corrected chi connectivity index (χ0v) is 16.1. The number of carbonyl (C=O) groups is 2. The minimum atomic E-state index is -0.428. The Hall–Kier alpha value is -2.86. The molecule has 0 aromatic heterocycles. The number of morpholine rings is 1. The molecule has 1 saturated heterocycles. The molecule has 0 radical (unpaired) electrons. The van der Waals surface area contributed by atoms with Crippen LogP contribution in [0, 0.1) is 0 Å². The summed E-state index contributed by atoms with van der Waals surface area (Å²) in [6.45, 7) is 3.84. The number of nitrogens with one attached hydrogen (secondary N) is 1. The Balaban J connectivity index is 1.44. The SMILES string of the molecule is CN(Cc1ccc(N2CCOCC2)cc1)C(=O)C1CC(=O)Nc2ccccc21. The number of carbonyl (C=O) groups excluding carboxylic acids is 2. The predicted molar refractivity (Wildman–Crippen MR) is 108 cm³/mol. The number of nitrogens with zero attached hydrogens (tertiary/aromatic N) is 2. The topological polar surface area (TPSA) is 61.9 Å². The van der Waals surface area contributed by atoms with Gasteiger partial charge in [0, 0.05) is 44.5 Å². The van der Waals surface area contributed by atoms with Crippen molar-refractivity contribution in [3.63, 3.8) is 0 Å². The number of ether oxygens (including phenoxy) is 1. The molecular formula is C22H25N3O3. The molecule has 1 fully saturated rings. The lowest BCUT2D eigenvalue weighted by Crippen LogP contribution is -2.36. The predicted octanol–water partition coefficient (Wildman–Crippen LogP) is 2.61. The summed E-state index contributed by atoms with van der Waals surface area (Å²) in [4.78, 5) is 29.1. The Morgan fingerprint density at radius 1 is 1.14 bits per heavy atom. The fraction of sp³-hybridized carbons (Fsp3) is 0.364. The van der Waals surface area contributed by atoms with Crippen molar-refractivity contribution in [2.75, 3.05) is 43.6 Å². The molecule has 28 heavy (non-hydrogen) atoms. The van der Waals surface area contributed by atoms with E-state index in [1.165, 1.54) is 5.69 Å². The highest BCUT2D eigenvalue weighted by molar-refractivity contribution is 6.01. The van der Waals surface area contributed by atoms with Crippen LogP contribution in [0.3, 0.4) is 0 Å². The standard InChI is InChI=1S/C22H25N3O3/c1-24(15-16-6-8-17(9-7-16)25-10-12-28-13-11-25)22(27)19-14-21(26)23-20-5-3-2-4-18(19)20/h2-9,19H,10-15H2,1H3,(H,23,26). The first-order valence-electron chi connectivity index (χ1n) is 9.67. The third-order valence-corrected chi connectivity index (χ3v) is 5.41. The number of para-hydroxylation sites is 1. The van der Waals surface area contributed by atoms with E-state index >= 15 is 0 Å². The Labute approximate surface area is 165 Å². The number of fused-ring (bicyclic) bond motifs is 1. The molecule has 0 bridgehead atoms. The van der Waals surface area contributed by atoms with Crippen molar-refractivity contribution in [2.24, 2.45) is 0 Å². The normalized spacial score (nSPS) is 19.0. The molecule has 2 aromatic rings. The summed E-state index contributed by atoms with van der Waals surface area (Å²) in [5, 5.41) is 2.85. The molecule has 1 unspecified atom stereocenters. The van der Waals surface area contributed by atoms with Gasteiger partial charge in [0.15, 0.2) is 0 Å². The zero-order valence-electron chi connectivity index (χ0n) is 16.1. The van der Waals surface area contributed by atoms with Gasteiger partial charge < -0.3 is 19.9 Å². The van der Waals surface area contributed by atoms with Gasteiger partial charge in [-0.2, -0.15) is 0 Å². The fourth-order valence-corrected chi connectivity index (χ4v) is 3.88. The first-order valence-corrected chi connectivity index (χ1v) is 9.67. The Morgan fingerprint density at radius 2 is 1.86 bits per heavy atom. The first-order chi connectivity index (χ1) is 13.6. The van der Waals surface area contributed by atoms with Crippen LogP contribution in [0.4, 0.5) is 11.4 Å². The number of hydrogen-bond acceptors (Lipinski definition) is 4. The lowest BCUT2D eigenvalue weighted by atomic mass is 9.89. The number of rotatable bonds is 4. The van der Waals surface area contributed by atoms with Crippen molar-refractivity contribution >= 4 is 23.2 Å². The second-order valence-corrected chi connectivity index (χ2v) is 7.35. The average Bonchev–Trinajstić information content (AvgIpc) is 2.73. The van der Waals surface area contributed by atoms with Crippen LogP contribution in [0.1, 0.15) is 23.5 Å². The monoisotopic (exact) mass is 379 g/mol. The molecule has 2 aliphatic rings. The fourth-order valence-electron chi connectivity index (χ4n) is 3.88. The van der Waals surface area contributed by atoms with Gasteiger partial charge in [0.25, 0.3) is 0 Å². The molecule has 1 atom stereocenters. The van der Waals surface area contributed by atoms with Gasteiger partial charge >= 0.3 is 0 Å². The van der Waals surface area contributed by atoms with Gasteiger partial charge in [-0.15, -0.1) is 0 Å². The highest BCUT2D eigenvalue weighted by Crippen LogP contribution is 2.33. The summed E-state index contributed by atoms with van der Waals surface area (Å²) in [5.74, 6) is -0.567. The molecule has 2 aromatic carbocycles. The lowest BCUT2D eigenvalue weighted by molar-refractivity contribution is -0.134. The molecule has 4 rings (SSSR count). The Kier molecular flexibility index (Phi) is 5.30. The maximum Gasteiger partial charge on any atom is 0.230 e. The van der Waals surface area contributed by atoms with Crippen LogP contribution in [0.25, 0.3) is 0 Å². The number of likely N-dealkylation sites (N-methyl/N-ethyl adjacent to an activating group) is 1. The third-order valence-electron chi connectivity index (χ3n) is 5.41. The van der Waals surface area contributed by atoms with Crippen LogP contribution in [0.2, 0.25) is 0 Å². The second-order valence-electron chi connectivity index (χ2n) is 7.35. The van der Waals surface area contributed by atoms with Gasteiger partial charge in [-0.05, 0) is 29.3 Å². The molecule has 146 valence electrons. The Bertz CT molecular complexity index is 860. The average molecular weight is 379 g/mol. The van der Waals surface area contributed by atoms with Gasteiger partial charge in [-0.3, -0.25) is 9.59 Å². The van der Waals surface area contributed by atoms with Crippen LogP contribution in [0.5, 0.6) is 0 Å². The number of hydrogen-bond donors (Lipinski definition) is 1. The van der Waals surface area contributed by atoms with E-state index in [0.29, 0.717) is 6.54 Å². The van der Waals surface area contributed by atoms with Crippen LogP contribution in [-0.2, 0) is 20.9 Å². The van der Waals surface area contributed by atoms with Crippen molar-refractivity contribution < 1.29 is 14.3 Å². The van der Waals surface area contributed by atoms with E-state index in [0.717, 1.165) is 43.1 Å². The zero-order chi connectivity index (χ0) is 19.5. The van der Waals surface area contributed by atoms with Crippen molar-refractivity contribution in [3.05, 3.63) is 59.7 Å². The van der Waals surface area contributed by atoms with Gasteiger partial charge in [0.1, 0.15) is 0 Å². The van der Waals surface area contributed by atoms with Gasteiger partial charge in [0.2, 0.25) is 11.8 Å². The quantitative estimate of drug-likeness (QED) is 0.887. The lowest BCUT2D eigenvalue weighted by Gasteiger charge is -2.30. The molecule has 2 heterocycles. The van der Waals surface area contributed by atoms with Gasteiger partial charge in [0.05, 0.1) is 19.1 Å². The minimum absolute atomic E-state index is 0.0282. The van der Waals surface area contributed by atoms with Crippen molar-refractivity contribution in [1.29, 1.82) is 0 Å². The summed E-state index contributed by atoms with van der Waals surface area (Å²) in [7, 11) is 1.80. The molecular weight excluding hydrogens is 354 g/mol. The van der Waals surface area contributed by atoms with Crippen LogP contribution in [-0.4, -0.2) is 50.1 Å². The van der Waals surface area contributed by atoms with E-state index in [2.05, 4.69) is 34.5 Å². The number of amides is 2. The van der Waals surface area contributed by atoms with Crippen molar-refractivity contribution in [3.8, 4) is 0 Å². The summed E-state index contributed by atoms with van der Waals surface area (Å²) < 4.78 is 5.40. The molecule has 0 saturated carbocycles. The highest BCUT2D eigenvalue weighted by atomic mass is 16.5. The molecule has 6 heteroatoms. The van der Waals surface area contributed by atoms with Crippen LogP contribution >= 0.6 is 0 Å². The Morgan fingerprint density at radius 3 is 2.61 bits per heavy atom. The summed E-state index contributed by atoms with van der Waals surface area (Å²) >= 11 is 0. The third kappa shape index (κ3) is 3.87. The van der Waals surface area contributed by atoms with E-state index in [-0.39, 0.29) is 18.2 Å². The van der Waals surface area contributed by atoms with Crippen molar-refractivity contribution in [1.82, 2.24) is 4.90 Å². The van der Waals surface area contributed by atoms with Crippen LogP contribution < -0.4 is 10.2 Å². The second kappa shape index (κ2) is 8.02. The van der Waals surface area contributed by atoms with Crippen molar-refractivity contribution in [2.45, 2.75) is 18.9 Å². The molecule has 2 amide bonds. The summed E-state index contributed by atoms with van der Waals surface area (Å²) in [6, 6.07) is 15.9. The van der Waals surface area contributed by atoms with Crippen LogP contribution in [0.15, 0.2) is 48.5 Å². The summed E-state index contributed by atoms with van der Waals surface area (Å²) in [6.07, 6.45) is 0.191.